The largest absolute Gasteiger partial charge is 0.388 e. The van der Waals surface area contributed by atoms with E-state index in [1.165, 1.54) is 24.8 Å². The van der Waals surface area contributed by atoms with Gasteiger partial charge in [-0.15, -0.1) is 0 Å². The van der Waals surface area contributed by atoms with Crippen LogP contribution in [0.25, 0.3) is 22.2 Å². The summed E-state index contributed by atoms with van der Waals surface area (Å²) in [5.41, 5.74) is 5.20. The molecule has 2 atom stereocenters. The monoisotopic (exact) mass is 377 g/mol. The van der Waals surface area contributed by atoms with E-state index in [-0.39, 0.29) is 5.92 Å². The number of aliphatic hydroxyl groups excluding tert-OH is 1. The van der Waals surface area contributed by atoms with Gasteiger partial charge in [0.1, 0.15) is 0 Å². The first kappa shape index (κ1) is 22.1. The SMILES string of the molecule is CC.CCCCCC(C)C(O)c1cc(-c2ccc(C)cc2)nc2ccccc12. The second-order valence-corrected chi connectivity index (χ2v) is 7.40. The van der Waals surface area contributed by atoms with Gasteiger partial charge in [0.2, 0.25) is 0 Å². The van der Waals surface area contributed by atoms with Gasteiger partial charge in [0.05, 0.1) is 17.3 Å². The number of aryl methyl sites for hydroxylation is 1. The highest BCUT2D eigenvalue weighted by Crippen LogP contribution is 2.33. The summed E-state index contributed by atoms with van der Waals surface area (Å²) >= 11 is 0. The molecule has 0 fully saturated rings. The molecule has 0 bridgehead atoms. The molecule has 2 unspecified atom stereocenters. The Morgan fingerprint density at radius 2 is 1.64 bits per heavy atom. The smallest absolute Gasteiger partial charge is 0.0822 e. The van der Waals surface area contributed by atoms with Crippen LogP contribution in [0.15, 0.2) is 54.6 Å². The summed E-state index contributed by atoms with van der Waals surface area (Å²) in [5, 5.41) is 12.1. The summed E-state index contributed by atoms with van der Waals surface area (Å²) in [6.45, 7) is 10.5. The first-order chi connectivity index (χ1) is 13.6. The zero-order chi connectivity index (χ0) is 20.5. The van der Waals surface area contributed by atoms with Crippen molar-refractivity contribution in [1.82, 2.24) is 4.98 Å². The second-order valence-electron chi connectivity index (χ2n) is 7.40. The van der Waals surface area contributed by atoms with Gasteiger partial charge >= 0.3 is 0 Å². The van der Waals surface area contributed by atoms with E-state index in [4.69, 9.17) is 4.98 Å². The molecule has 28 heavy (non-hydrogen) atoms. The molecule has 3 aromatic rings. The average Bonchev–Trinajstić information content (AvgIpc) is 2.74. The summed E-state index contributed by atoms with van der Waals surface area (Å²) in [4.78, 5) is 4.84. The average molecular weight is 378 g/mol. The summed E-state index contributed by atoms with van der Waals surface area (Å²) in [6, 6.07) is 18.6. The van der Waals surface area contributed by atoms with Gasteiger partial charge in [0.15, 0.2) is 0 Å². The molecular weight excluding hydrogens is 342 g/mol. The number of pyridine rings is 1. The Morgan fingerprint density at radius 1 is 0.964 bits per heavy atom. The van der Waals surface area contributed by atoms with Crippen molar-refractivity contribution >= 4 is 10.9 Å². The van der Waals surface area contributed by atoms with Gasteiger partial charge in [-0.3, -0.25) is 0 Å². The van der Waals surface area contributed by atoms with Crippen molar-refractivity contribution in [2.75, 3.05) is 0 Å². The number of benzene rings is 2. The molecular formula is C26H35NO. The third-order valence-electron chi connectivity index (χ3n) is 5.22. The van der Waals surface area contributed by atoms with E-state index in [2.05, 4.69) is 57.2 Å². The topological polar surface area (TPSA) is 33.1 Å². The molecule has 0 spiro atoms. The Labute approximate surface area is 170 Å². The minimum atomic E-state index is -0.469. The number of fused-ring (bicyclic) bond motifs is 1. The van der Waals surface area contributed by atoms with Crippen molar-refractivity contribution in [3.05, 3.63) is 65.7 Å². The molecule has 2 nitrogen and oxygen atoms in total. The Kier molecular flexibility index (Phi) is 8.66. The molecule has 2 heteroatoms. The molecule has 0 aliphatic carbocycles. The van der Waals surface area contributed by atoms with Crippen molar-refractivity contribution in [2.45, 2.75) is 66.4 Å². The fourth-order valence-electron chi connectivity index (χ4n) is 3.50. The zero-order valence-electron chi connectivity index (χ0n) is 18.1. The van der Waals surface area contributed by atoms with Gasteiger partial charge in [-0.1, -0.05) is 95.0 Å². The van der Waals surface area contributed by atoms with Crippen LogP contribution in [0.1, 0.15) is 70.6 Å². The molecule has 1 N–H and O–H groups in total. The Morgan fingerprint density at radius 3 is 2.32 bits per heavy atom. The lowest BCUT2D eigenvalue weighted by Crippen LogP contribution is -2.10. The van der Waals surface area contributed by atoms with E-state index >= 15 is 0 Å². The Hall–Kier alpha value is -2.19. The summed E-state index contributed by atoms with van der Waals surface area (Å²) in [6.07, 6.45) is 4.18. The number of para-hydroxylation sites is 1. The van der Waals surface area contributed by atoms with Crippen LogP contribution in [0.2, 0.25) is 0 Å². The van der Waals surface area contributed by atoms with Crippen molar-refractivity contribution in [3.63, 3.8) is 0 Å². The quantitative estimate of drug-likeness (QED) is 0.433. The van der Waals surface area contributed by atoms with Crippen LogP contribution in [-0.2, 0) is 0 Å². The number of unbranched alkanes of at least 4 members (excludes halogenated alkanes) is 2. The minimum absolute atomic E-state index is 0.234. The normalized spacial score (nSPS) is 12.9. The van der Waals surface area contributed by atoms with E-state index in [9.17, 15) is 5.11 Å². The van der Waals surface area contributed by atoms with Crippen molar-refractivity contribution in [1.29, 1.82) is 0 Å². The molecule has 0 aliphatic heterocycles. The predicted octanol–water partition coefficient (Wildman–Crippen LogP) is 7.49. The van der Waals surface area contributed by atoms with Gasteiger partial charge < -0.3 is 5.11 Å². The molecule has 3 rings (SSSR count). The molecule has 0 radical (unpaired) electrons. The Bertz CT molecular complexity index is 854. The first-order valence-electron chi connectivity index (χ1n) is 10.7. The molecule has 0 saturated carbocycles. The second kappa shape index (κ2) is 11.0. The summed E-state index contributed by atoms with van der Waals surface area (Å²) < 4.78 is 0. The first-order valence-corrected chi connectivity index (χ1v) is 10.7. The van der Waals surface area contributed by atoms with Crippen molar-refractivity contribution < 1.29 is 5.11 Å². The highest BCUT2D eigenvalue weighted by atomic mass is 16.3. The van der Waals surface area contributed by atoms with Gasteiger partial charge in [-0.25, -0.2) is 4.98 Å². The number of rotatable bonds is 7. The lowest BCUT2D eigenvalue weighted by Gasteiger charge is -2.21. The predicted molar refractivity (Wildman–Crippen MR) is 122 cm³/mol. The standard InChI is InChI=1S/C24H29NO.C2H6/c1-4-5-6-9-18(3)24(26)21-16-23(19-14-12-17(2)13-15-19)25-22-11-8-7-10-20(21)22;1-2/h7-8,10-16,18,24,26H,4-6,9H2,1-3H3;1-2H3. The third-order valence-corrected chi connectivity index (χ3v) is 5.22. The highest BCUT2D eigenvalue weighted by Gasteiger charge is 2.20. The summed E-state index contributed by atoms with van der Waals surface area (Å²) in [5.74, 6) is 0.234. The number of hydrogen-bond donors (Lipinski definition) is 1. The van der Waals surface area contributed by atoms with E-state index in [1.54, 1.807) is 0 Å². The number of hydrogen-bond acceptors (Lipinski definition) is 2. The van der Waals surface area contributed by atoms with Crippen LogP contribution in [0.5, 0.6) is 0 Å². The zero-order valence-corrected chi connectivity index (χ0v) is 18.1. The van der Waals surface area contributed by atoms with Crippen LogP contribution < -0.4 is 0 Å². The Balaban J connectivity index is 0.00000136. The fourth-order valence-corrected chi connectivity index (χ4v) is 3.50. The number of nitrogens with zero attached hydrogens (tertiary/aromatic N) is 1. The number of aliphatic hydroxyl groups is 1. The van der Waals surface area contributed by atoms with Gasteiger partial charge in [0, 0.05) is 10.9 Å². The lowest BCUT2D eigenvalue weighted by atomic mass is 9.90. The van der Waals surface area contributed by atoms with E-state index in [0.717, 1.165) is 34.1 Å². The maximum Gasteiger partial charge on any atom is 0.0822 e. The van der Waals surface area contributed by atoms with Crippen molar-refractivity contribution in [2.24, 2.45) is 5.92 Å². The molecule has 1 heterocycles. The maximum absolute atomic E-state index is 11.1. The third kappa shape index (κ3) is 5.42. The van der Waals surface area contributed by atoms with Gasteiger partial charge in [-0.2, -0.15) is 0 Å². The van der Waals surface area contributed by atoms with Crippen LogP contribution in [0.4, 0.5) is 0 Å². The molecule has 0 aliphatic rings. The van der Waals surface area contributed by atoms with Gasteiger partial charge in [-0.05, 0) is 37.0 Å². The minimum Gasteiger partial charge on any atom is -0.388 e. The van der Waals surface area contributed by atoms with Crippen LogP contribution in [-0.4, -0.2) is 10.1 Å². The van der Waals surface area contributed by atoms with Gasteiger partial charge in [0.25, 0.3) is 0 Å². The number of aromatic nitrogens is 1. The molecule has 1 aromatic heterocycles. The van der Waals surface area contributed by atoms with Crippen molar-refractivity contribution in [3.8, 4) is 11.3 Å². The van der Waals surface area contributed by atoms with E-state index in [1.807, 2.05) is 32.0 Å². The van der Waals surface area contributed by atoms with Crippen LogP contribution >= 0.6 is 0 Å². The molecule has 0 saturated heterocycles. The molecule has 150 valence electrons. The summed E-state index contributed by atoms with van der Waals surface area (Å²) in [7, 11) is 0. The lowest BCUT2D eigenvalue weighted by molar-refractivity contribution is 0.112. The maximum atomic E-state index is 11.1. The van der Waals surface area contributed by atoms with E-state index in [0.29, 0.717) is 0 Å². The molecule has 2 aromatic carbocycles. The van der Waals surface area contributed by atoms with Crippen LogP contribution in [0.3, 0.4) is 0 Å². The van der Waals surface area contributed by atoms with Crippen LogP contribution in [0, 0.1) is 12.8 Å². The molecule has 0 amide bonds. The highest BCUT2D eigenvalue weighted by molar-refractivity contribution is 5.85. The van der Waals surface area contributed by atoms with E-state index < -0.39 is 6.10 Å². The fraction of sp³-hybridized carbons (Fsp3) is 0.423.